The first-order valence-corrected chi connectivity index (χ1v) is 10.1. The molecule has 1 N–H and O–H groups in total. The van der Waals surface area contributed by atoms with Crippen LogP contribution in [-0.2, 0) is 0 Å². The van der Waals surface area contributed by atoms with Gasteiger partial charge in [0.1, 0.15) is 34.3 Å². The van der Waals surface area contributed by atoms with Crippen molar-refractivity contribution in [2.45, 2.75) is 6.92 Å². The summed E-state index contributed by atoms with van der Waals surface area (Å²) in [6, 6.07) is 6.26. The van der Waals surface area contributed by atoms with Crippen LogP contribution in [0.5, 0.6) is 5.75 Å². The van der Waals surface area contributed by atoms with Crippen LogP contribution in [0.1, 0.15) is 6.92 Å². The van der Waals surface area contributed by atoms with Gasteiger partial charge in [0.05, 0.1) is 22.2 Å². The Labute approximate surface area is 185 Å². The number of hydrogen-bond donors (Lipinski definition) is 1. The predicted molar refractivity (Wildman–Crippen MR) is 118 cm³/mol. The minimum absolute atomic E-state index is 0.222. The number of nitrogens with zero attached hydrogens (tertiary/aromatic N) is 5. The molecule has 3 aromatic rings. The molecule has 30 heavy (non-hydrogen) atoms. The predicted octanol–water partition coefficient (Wildman–Crippen LogP) is 5.42. The molecule has 152 valence electrons. The highest BCUT2D eigenvalue weighted by molar-refractivity contribution is 9.10. The highest BCUT2D eigenvalue weighted by Gasteiger charge is 2.13. The van der Waals surface area contributed by atoms with Gasteiger partial charge in [-0.1, -0.05) is 11.6 Å². The molecule has 3 heterocycles. The Morgan fingerprint density at radius 1 is 1.33 bits per heavy atom. The molecule has 2 aromatic heterocycles. The van der Waals surface area contributed by atoms with Crippen LogP contribution in [0.3, 0.4) is 0 Å². The largest absolute Gasteiger partial charge is 0.457 e. The quantitative estimate of drug-likeness (QED) is 0.381. The molecular formula is C20H15BrClFN6O. The minimum atomic E-state index is -0.500. The molecule has 0 spiro atoms. The van der Waals surface area contributed by atoms with Gasteiger partial charge in [0.25, 0.3) is 0 Å². The molecule has 0 amide bonds. The lowest BCUT2D eigenvalue weighted by Crippen LogP contribution is -2.14. The monoisotopic (exact) mass is 488 g/mol. The molecule has 1 aliphatic heterocycles. The molecule has 0 radical (unpaired) electrons. The first-order chi connectivity index (χ1) is 14.5. The van der Waals surface area contributed by atoms with E-state index in [1.807, 2.05) is 13.0 Å². The molecule has 1 aliphatic rings. The summed E-state index contributed by atoms with van der Waals surface area (Å²) in [5.74, 6) is 0.833. The van der Waals surface area contributed by atoms with Gasteiger partial charge in [0.2, 0.25) is 0 Å². The number of allylic oxidation sites excluding steroid dienone is 1. The molecule has 4 rings (SSSR count). The van der Waals surface area contributed by atoms with E-state index in [1.54, 1.807) is 41.7 Å². The molecule has 0 bridgehead atoms. The number of pyridine rings is 1. The van der Waals surface area contributed by atoms with Crippen LogP contribution in [0.25, 0.3) is 11.0 Å². The Morgan fingerprint density at radius 3 is 2.93 bits per heavy atom. The van der Waals surface area contributed by atoms with E-state index in [1.165, 1.54) is 12.4 Å². The summed E-state index contributed by atoms with van der Waals surface area (Å²) < 4.78 is 21.0. The highest BCUT2D eigenvalue weighted by atomic mass is 79.9. The molecule has 10 heteroatoms. The maximum atomic E-state index is 14.7. The van der Waals surface area contributed by atoms with Gasteiger partial charge in [-0.15, -0.1) is 0 Å². The maximum Gasteiger partial charge on any atom is 0.160 e. The van der Waals surface area contributed by atoms with Crippen molar-refractivity contribution < 1.29 is 9.13 Å². The van der Waals surface area contributed by atoms with Crippen molar-refractivity contribution in [3.8, 4) is 5.75 Å². The van der Waals surface area contributed by atoms with Crippen LogP contribution in [-0.4, -0.2) is 32.7 Å². The molecule has 0 saturated carbocycles. The van der Waals surface area contributed by atoms with Crippen LogP contribution in [0.2, 0.25) is 5.15 Å². The number of halogens is 3. The van der Waals surface area contributed by atoms with Gasteiger partial charge in [-0.05, 0) is 53.2 Å². The SMILES string of the molecule is C/C=N\N1C=CC(Oc2ccc(Nc3ncnc4cc(Br)c(Cl)nc34)c(F)c2)=CC1. The van der Waals surface area contributed by atoms with Gasteiger partial charge in [0.15, 0.2) is 5.82 Å². The molecule has 7 nitrogen and oxygen atoms in total. The second-order valence-electron chi connectivity index (χ2n) is 6.14. The number of ether oxygens (including phenoxy) is 1. The third-order valence-corrected chi connectivity index (χ3v) is 5.23. The van der Waals surface area contributed by atoms with Crippen LogP contribution < -0.4 is 10.1 Å². The summed E-state index contributed by atoms with van der Waals surface area (Å²) in [4.78, 5) is 12.6. The zero-order chi connectivity index (χ0) is 21.1. The second kappa shape index (κ2) is 8.76. The average Bonchev–Trinajstić information content (AvgIpc) is 2.73. The van der Waals surface area contributed by atoms with E-state index in [0.717, 1.165) is 0 Å². The Hall–Kier alpha value is -3.04. The van der Waals surface area contributed by atoms with Crippen LogP contribution >= 0.6 is 27.5 Å². The van der Waals surface area contributed by atoms with Crippen molar-refractivity contribution in [1.82, 2.24) is 20.0 Å². The molecule has 1 aromatic carbocycles. The Bertz CT molecular complexity index is 1200. The Morgan fingerprint density at radius 2 is 2.20 bits per heavy atom. The lowest BCUT2D eigenvalue weighted by Gasteiger charge is -2.17. The number of anilines is 2. The lowest BCUT2D eigenvalue weighted by molar-refractivity contribution is 0.393. The van der Waals surface area contributed by atoms with E-state index in [0.29, 0.717) is 39.4 Å². The van der Waals surface area contributed by atoms with Gasteiger partial charge in [-0.25, -0.2) is 19.3 Å². The molecule has 0 atom stereocenters. The first kappa shape index (κ1) is 20.2. The van der Waals surface area contributed by atoms with Crippen molar-refractivity contribution in [2.75, 3.05) is 11.9 Å². The normalized spacial score (nSPS) is 13.7. The summed E-state index contributed by atoms with van der Waals surface area (Å²) in [5.41, 5.74) is 1.23. The molecule has 0 saturated heterocycles. The third kappa shape index (κ3) is 4.42. The summed E-state index contributed by atoms with van der Waals surface area (Å²) >= 11 is 9.39. The molecule has 0 fully saturated rings. The number of nitrogens with one attached hydrogen (secondary N) is 1. The third-order valence-electron chi connectivity index (χ3n) is 4.10. The summed E-state index contributed by atoms with van der Waals surface area (Å²) in [6.45, 7) is 2.42. The lowest BCUT2D eigenvalue weighted by atomic mass is 10.2. The standard InChI is InChI=1S/C20H15BrClFN6O/c1-2-26-29-7-5-12(6-8-29)30-13-3-4-16(15(23)9-13)27-20-18-17(24-11-25-20)10-14(21)19(22)28-18/h2-7,9-11H,8H2,1H3,(H,24,25,27)/b26-2-. The van der Waals surface area contributed by atoms with Crippen molar-refractivity contribution in [3.05, 3.63) is 70.1 Å². The molecule has 0 unspecified atom stereocenters. The fourth-order valence-electron chi connectivity index (χ4n) is 2.74. The van der Waals surface area contributed by atoms with Gasteiger partial charge >= 0.3 is 0 Å². The minimum Gasteiger partial charge on any atom is -0.457 e. The number of benzene rings is 1. The van der Waals surface area contributed by atoms with Gasteiger partial charge in [-0.3, -0.25) is 5.01 Å². The van der Waals surface area contributed by atoms with E-state index in [2.05, 4.69) is 41.3 Å². The van der Waals surface area contributed by atoms with E-state index in [4.69, 9.17) is 16.3 Å². The number of hydrazone groups is 1. The average molecular weight is 490 g/mol. The molecule has 0 aliphatic carbocycles. The topological polar surface area (TPSA) is 75.5 Å². The van der Waals surface area contributed by atoms with Crippen molar-refractivity contribution in [2.24, 2.45) is 5.10 Å². The van der Waals surface area contributed by atoms with Crippen LogP contribution in [0.15, 0.2) is 64.3 Å². The fourth-order valence-corrected chi connectivity index (χ4v) is 3.18. The van der Waals surface area contributed by atoms with E-state index in [-0.39, 0.29) is 10.8 Å². The van der Waals surface area contributed by atoms with E-state index >= 15 is 0 Å². The molecular weight excluding hydrogens is 475 g/mol. The zero-order valence-corrected chi connectivity index (χ0v) is 18.0. The summed E-state index contributed by atoms with van der Waals surface area (Å²) in [5, 5.41) is 9.11. The first-order valence-electron chi connectivity index (χ1n) is 8.88. The number of hydrogen-bond acceptors (Lipinski definition) is 7. The number of aromatic nitrogens is 3. The van der Waals surface area contributed by atoms with Crippen LogP contribution in [0.4, 0.5) is 15.9 Å². The number of fused-ring (bicyclic) bond motifs is 1. The summed E-state index contributed by atoms with van der Waals surface area (Å²) in [6.07, 6.45) is 8.49. The van der Waals surface area contributed by atoms with Crippen molar-refractivity contribution in [1.29, 1.82) is 0 Å². The highest BCUT2D eigenvalue weighted by Crippen LogP contribution is 2.30. The number of rotatable bonds is 5. The maximum absolute atomic E-state index is 14.7. The van der Waals surface area contributed by atoms with E-state index in [9.17, 15) is 4.39 Å². The second-order valence-corrected chi connectivity index (χ2v) is 7.35. The van der Waals surface area contributed by atoms with Crippen molar-refractivity contribution >= 4 is 56.3 Å². The Kier molecular flexibility index (Phi) is 5.91. The van der Waals surface area contributed by atoms with Gasteiger partial charge < -0.3 is 10.1 Å². The van der Waals surface area contributed by atoms with Gasteiger partial charge in [0, 0.05) is 18.5 Å². The van der Waals surface area contributed by atoms with Crippen molar-refractivity contribution in [3.63, 3.8) is 0 Å². The van der Waals surface area contributed by atoms with E-state index < -0.39 is 5.82 Å². The zero-order valence-electron chi connectivity index (χ0n) is 15.7. The van der Waals surface area contributed by atoms with Crippen LogP contribution in [0, 0.1) is 5.82 Å². The summed E-state index contributed by atoms with van der Waals surface area (Å²) in [7, 11) is 0. The smallest absolute Gasteiger partial charge is 0.160 e. The fraction of sp³-hybridized carbons (Fsp3) is 0.100. The Balaban J connectivity index is 1.53. The van der Waals surface area contributed by atoms with Gasteiger partial charge in [-0.2, -0.15) is 5.10 Å².